The zero-order valence-electron chi connectivity index (χ0n) is 9.85. The molecule has 0 aliphatic heterocycles. The molecule has 2 aromatic rings. The SMILES string of the molecule is Cc1nnc2c(NC3(CN)CCC3)nccn12. The van der Waals surface area contributed by atoms with E-state index in [1.165, 1.54) is 6.42 Å². The minimum atomic E-state index is 0.00863. The zero-order valence-corrected chi connectivity index (χ0v) is 9.85. The Bertz CT molecular complexity index is 536. The first kappa shape index (κ1) is 10.5. The van der Waals surface area contributed by atoms with Crippen molar-refractivity contribution in [2.75, 3.05) is 11.9 Å². The van der Waals surface area contributed by atoms with Gasteiger partial charge in [0.15, 0.2) is 5.82 Å². The molecular weight excluding hydrogens is 216 g/mol. The van der Waals surface area contributed by atoms with Crippen LogP contribution in [-0.4, -0.2) is 31.7 Å². The number of hydrogen-bond donors (Lipinski definition) is 2. The summed E-state index contributed by atoms with van der Waals surface area (Å²) in [5.74, 6) is 1.64. The molecule has 6 nitrogen and oxygen atoms in total. The standard InChI is InChI=1S/C11H16N6/c1-8-15-16-10-9(13-5-6-17(8)10)14-11(7-12)3-2-4-11/h5-6H,2-4,7,12H2,1H3,(H,13,14). The maximum Gasteiger partial charge on any atom is 0.203 e. The van der Waals surface area contributed by atoms with Crippen LogP contribution in [0, 0.1) is 6.92 Å². The molecule has 1 fully saturated rings. The van der Waals surface area contributed by atoms with Crippen molar-refractivity contribution in [1.29, 1.82) is 0 Å². The van der Waals surface area contributed by atoms with E-state index < -0.39 is 0 Å². The smallest absolute Gasteiger partial charge is 0.203 e. The van der Waals surface area contributed by atoms with Crippen LogP contribution in [0.1, 0.15) is 25.1 Å². The van der Waals surface area contributed by atoms with Gasteiger partial charge in [-0.3, -0.25) is 4.40 Å². The highest BCUT2D eigenvalue weighted by molar-refractivity contribution is 5.63. The van der Waals surface area contributed by atoms with Gasteiger partial charge in [-0.25, -0.2) is 4.98 Å². The molecule has 0 amide bonds. The number of aromatic nitrogens is 4. The van der Waals surface area contributed by atoms with Crippen molar-refractivity contribution in [2.45, 2.75) is 31.7 Å². The summed E-state index contributed by atoms with van der Waals surface area (Å²) < 4.78 is 1.93. The Morgan fingerprint density at radius 1 is 1.47 bits per heavy atom. The minimum Gasteiger partial charge on any atom is -0.360 e. The quantitative estimate of drug-likeness (QED) is 0.815. The number of hydrogen-bond acceptors (Lipinski definition) is 5. The van der Waals surface area contributed by atoms with Crippen molar-refractivity contribution in [2.24, 2.45) is 5.73 Å². The maximum absolute atomic E-state index is 5.83. The van der Waals surface area contributed by atoms with Crippen LogP contribution in [0.4, 0.5) is 5.82 Å². The van der Waals surface area contributed by atoms with Gasteiger partial charge in [0.25, 0.3) is 0 Å². The van der Waals surface area contributed by atoms with E-state index in [0.717, 1.165) is 30.1 Å². The van der Waals surface area contributed by atoms with Crippen molar-refractivity contribution >= 4 is 11.5 Å². The number of nitrogens with one attached hydrogen (secondary N) is 1. The average molecular weight is 232 g/mol. The maximum atomic E-state index is 5.83. The molecule has 90 valence electrons. The summed E-state index contributed by atoms with van der Waals surface area (Å²) in [6, 6.07) is 0. The molecule has 2 heterocycles. The Morgan fingerprint density at radius 3 is 2.94 bits per heavy atom. The van der Waals surface area contributed by atoms with E-state index in [1.807, 2.05) is 17.5 Å². The van der Waals surface area contributed by atoms with Crippen molar-refractivity contribution in [3.05, 3.63) is 18.2 Å². The lowest BCUT2D eigenvalue weighted by Crippen LogP contribution is -2.51. The van der Waals surface area contributed by atoms with Crippen LogP contribution in [-0.2, 0) is 0 Å². The van der Waals surface area contributed by atoms with Gasteiger partial charge in [0.2, 0.25) is 5.65 Å². The third kappa shape index (κ3) is 1.56. The van der Waals surface area contributed by atoms with E-state index in [4.69, 9.17) is 5.73 Å². The van der Waals surface area contributed by atoms with Crippen molar-refractivity contribution in [3.63, 3.8) is 0 Å². The third-order valence-electron chi connectivity index (χ3n) is 3.58. The molecule has 0 bridgehead atoms. The molecule has 3 N–H and O–H groups in total. The first-order valence-electron chi connectivity index (χ1n) is 5.89. The Balaban J connectivity index is 2.00. The highest BCUT2D eigenvalue weighted by atomic mass is 15.3. The first-order chi connectivity index (χ1) is 8.24. The number of nitrogens with two attached hydrogens (primary N) is 1. The number of rotatable bonds is 3. The summed E-state index contributed by atoms with van der Waals surface area (Å²) >= 11 is 0. The van der Waals surface area contributed by atoms with Gasteiger partial charge in [-0.2, -0.15) is 0 Å². The van der Waals surface area contributed by atoms with Crippen LogP contribution >= 0.6 is 0 Å². The molecule has 17 heavy (non-hydrogen) atoms. The molecule has 6 heteroatoms. The van der Waals surface area contributed by atoms with Crippen molar-refractivity contribution in [3.8, 4) is 0 Å². The topological polar surface area (TPSA) is 81.1 Å². The van der Waals surface area contributed by atoms with E-state index >= 15 is 0 Å². The summed E-state index contributed by atoms with van der Waals surface area (Å²) in [5, 5.41) is 11.6. The fraction of sp³-hybridized carbons (Fsp3) is 0.545. The highest BCUT2D eigenvalue weighted by Crippen LogP contribution is 2.34. The number of nitrogens with zero attached hydrogens (tertiary/aromatic N) is 4. The highest BCUT2D eigenvalue weighted by Gasteiger charge is 2.36. The molecular formula is C11H16N6. The summed E-state index contributed by atoms with van der Waals surface area (Å²) in [7, 11) is 0. The fourth-order valence-corrected chi connectivity index (χ4v) is 2.26. The molecule has 1 aliphatic carbocycles. The fourth-order valence-electron chi connectivity index (χ4n) is 2.26. The van der Waals surface area contributed by atoms with Gasteiger partial charge in [-0.05, 0) is 26.2 Å². The van der Waals surface area contributed by atoms with Gasteiger partial charge in [0.1, 0.15) is 5.82 Å². The third-order valence-corrected chi connectivity index (χ3v) is 3.58. The molecule has 0 atom stereocenters. The van der Waals surface area contributed by atoms with E-state index in [-0.39, 0.29) is 5.54 Å². The average Bonchev–Trinajstić information content (AvgIpc) is 2.67. The Morgan fingerprint density at radius 2 is 2.29 bits per heavy atom. The minimum absolute atomic E-state index is 0.00863. The second-order valence-corrected chi connectivity index (χ2v) is 4.68. The van der Waals surface area contributed by atoms with Crippen LogP contribution in [0.2, 0.25) is 0 Å². The molecule has 0 radical (unpaired) electrons. The van der Waals surface area contributed by atoms with Crippen LogP contribution in [0.25, 0.3) is 5.65 Å². The number of anilines is 1. The molecule has 1 saturated carbocycles. The summed E-state index contributed by atoms with van der Waals surface area (Å²) in [6.45, 7) is 2.55. The van der Waals surface area contributed by atoms with Gasteiger partial charge in [0.05, 0.1) is 5.54 Å². The lowest BCUT2D eigenvalue weighted by Gasteiger charge is -2.41. The van der Waals surface area contributed by atoms with E-state index in [2.05, 4.69) is 20.5 Å². The van der Waals surface area contributed by atoms with Gasteiger partial charge < -0.3 is 11.1 Å². The number of aryl methyl sites for hydroxylation is 1. The summed E-state index contributed by atoms with van der Waals surface area (Å²) in [5.41, 5.74) is 6.61. The van der Waals surface area contributed by atoms with Crippen LogP contribution in [0.15, 0.2) is 12.4 Å². The molecule has 0 spiro atoms. The molecule has 1 aliphatic rings. The first-order valence-corrected chi connectivity index (χ1v) is 5.89. The largest absolute Gasteiger partial charge is 0.360 e. The molecule has 3 rings (SSSR count). The van der Waals surface area contributed by atoms with E-state index in [9.17, 15) is 0 Å². The van der Waals surface area contributed by atoms with Crippen molar-refractivity contribution in [1.82, 2.24) is 19.6 Å². The normalized spacial score (nSPS) is 18.0. The van der Waals surface area contributed by atoms with Gasteiger partial charge >= 0.3 is 0 Å². The lowest BCUT2D eigenvalue weighted by atomic mass is 9.77. The predicted octanol–water partition coefficient (Wildman–Crippen LogP) is 0.726. The van der Waals surface area contributed by atoms with Crippen LogP contribution < -0.4 is 11.1 Å². The molecule has 2 aromatic heterocycles. The second kappa shape index (κ2) is 3.66. The van der Waals surface area contributed by atoms with E-state index in [0.29, 0.717) is 6.54 Å². The van der Waals surface area contributed by atoms with Gasteiger partial charge in [0, 0.05) is 18.9 Å². The van der Waals surface area contributed by atoms with Gasteiger partial charge in [-0.15, -0.1) is 10.2 Å². The second-order valence-electron chi connectivity index (χ2n) is 4.68. The molecule has 0 aromatic carbocycles. The predicted molar refractivity (Wildman–Crippen MR) is 64.8 cm³/mol. The van der Waals surface area contributed by atoms with Crippen molar-refractivity contribution < 1.29 is 0 Å². The lowest BCUT2D eigenvalue weighted by molar-refractivity contribution is 0.286. The Kier molecular flexibility index (Phi) is 2.25. The summed E-state index contributed by atoms with van der Waals surface area (Å²) in [6.07, 6.45) is 7.04. The summed E-state index contributed by atoms with van der Waals surface area (Å²) in [4.78, 5) is 4.35. The van der Waals surface area contributed by atoms with Gasteiger partial charge in [-0.1, -0.05) is 0 Å². The molecule has 0 unspecified atom stereocenters. The van der Waals surface area contributed by atoms with Crippen LogP contribution in [0.5, 0.6) is 0 Å². The Labute approximate surface area is 99.3 Å². The molecule has 0 saturated heterocycles. The Hall–Kier alpha value is -1.69. The zero-order chi connectivity index (χ0) is 11.9. The monoisotopic (exact) mass is 232 g/mol. The van der Waals surface area contributed by atoms with E-state index in [1.54, 1.807) is 6.20 Å². The van der Waals surface area contributed by atoms with Crippen LogP contribution in [0.3, 0.4) is 0 Å². The number of fused-ring (bicyclic) bond motifs is 1.